The number of carbonyl (C=O) groups excluding carboxylic acids is 1. The fraction of sp³-hybridized carbons (Fsp3) is 0.300. The molecular formula is C20H20ClNO4. The Kier molecular flexibility index (Phi) is 5.78. The van der Waals surface area contributed by atoms with E-state index >= 15 is 0 Å². The van der Waals surface area contributed by atoms with Crippen molar-refractivity contribution < 1.29 is 19.4 Å². The molecule has 0 spiro atoms. The second kappa shape index (κ2) is 8.23. The van der Waals surface area contributed by atoms with Gasteiger partial charge >= 0.3 is 5.97 Å². The minimum atomic E-state index is -0.804. The molecule has 1 amide bonds. The van der Waals surface area contributed by atoms with Crippen LogP contribution in [0.1, 0.15) is 18.4 Å². The number of hydrogen-bond acceptors (Lipinski definition) is 3. The largest absolute Gasteiger partial charge is 0.493 e. The van der Waals surface area contributed by atoms with Crippen molar-refractivity contribution in [1.29, 1.82) is 0 Å². The zero-order valence-corrected chi connectivity index (χ0v) is 15.0. The maximum atomic E-state index is 12.2. The lowest BCUT2D eigenvalue weighted by molar-refractivity contribution is -0.137. The van der Waals surface area contributed by atoms with Crippen molar-refractivity contribution >= 4 is 29.2 Å². The molecule has 136 valence electrons. The maximum Gasteiger partial charge on any atom is 0.303 e. The van der Waals surface area contributed by atoms with Crippen LogP contribution in [0, 0.1) is 5.92 Å². The SMILES string of the molecule is O=C(O)CCc1ccc(OCC2CC(=O)N(c3ccc(Cl)cc3)C2)cc1. The quantitative estimate of drug-likeness (QED) is 0.801. The van der Waals surface area contributed by atoms with Gasteiger partial charge in [-0.05, 0) is 48.4 Å². The zero-order chi connectivity index (χ0) is 18.5. The number of benzene rings is 2. The van der Waals surface area contributed by atoms with Crippen molar-refractivity contribution in [3.05, 3.63) is 59.1 Å². The van der Waals surface area contributed by atoms with Crippen LogP contribution in [0.5, 0.6) is 5.75 Å². The lowest BCUT2D eigenvalue weighted by Crippen LogP contribution is -2.25. The summed E-state index contributed by atoms with van der Waals surface area (Å²) in [4.78, 5) is 24.6. The summed E-state index contributed by atoms with van der Waals surface area (Å²) in [5.74, 6) is 0.137. The van der Waals surface area contributed by atoms with Crippen LogP contribution >= 0.6 is 11.6 Å². The molecule has 1 heterocycles. The Labute approximate surface area is 157 Å². The minimum absolute atomic E-state index is 0.0879. The molecule has 1 aliphatic heterocycles. The van der Waals surface area contributed by atoms with Crippen molar-refractivity contribution in [2.45, 2.75) is 19.3 Å². The fourth-order valence-electron chi connectivity index (χ4n) is 2.98. The first kappa shape index (κ1) is 18.3. The number of rotatable bonds is 7. The van der Waals surface area contributed by atoms with E-state index in [-0.39, 0.29) is 18.2 Å². The summed E-state index contributed by atoms with van der Waals surface area (Å²) in [7, 11) is 0. The first-order valence-corrected chi connectivity index (χ1v) is 8.88. The Hall–Kier alpha value is -2.53. The van der Waals surface area contributed by atoms with E-state index in [0.29, 0.717) is 31.0 Å². The van der Waals surface area contributed by atoms with E-state index in [9.17, 15) is 9.59 Å². The van der Waals surface area contributed by atoms with Gasteiger partial charge in [0.15, 0.2) is 0 Å². The van der Waals surface area contributed by atoms with Crippen LogP contribution in [-0.4, -0.2) is 30.1 Å². The predicted octanol–water partition coefficient (Wildman–Crippen LogP) is 3.79. The number of amides is 1. The van der Waals surface area contributed by atoms with E-state index in [1.54, 1.807) is 17.0 Å². The molecule has 3 rings (SSSR count). The van der Waals surface area contributed by atoms with Gasteiger partial charge in [0.05, 0.1) is 6.61 Å². The number of halogens is 1. The van der Waals surface area contributed by atoms with Gasteiger partial charge in [-0.25, -0.2) is 0 Å². The van der Waals surface area contributed by atoms with E-state index in [1.807, 2.05) is 36.4 Å². The summed E-state index contributed by atoms with van der Waals surface area (Å²) in [6, 6.07) is 14.7. The third kappa shape index (κ3) is 4.76. The highest BCUT2D eigenvalue weighted by molar-refractivity contribution is 6.30. The van der Waals surface area contributed by atoms with Crippen molar-refractivity contribution in [2.24, 2.45) is 5.92 Å². The molecule has 26 heavy (non-hydrogen) atoms. The third-order valence-corrected chi connectivity index (χ3v) is 4.63. The Balaban J connectivity index is 1.51. The Morgan fingerprint density at radius 2 is 1.85 bits per heavy atom. The molecule has 2 aromatic carbocycles. The van der Waals surface area contributed by atoms with Crippen molar-refractivity contribution in [2.75, 3.05) is 18.1 Å². The van der Waals surface area contributed by atoms with Gasteiger partial charge in [-0.15, -0.1) is 0 Å². The average molecular weight is 374 g/mol. The molecule has 1 atom stereocenters. The van der Waals surface area contributed by atoms with E-state index in [1.165, 1.54) is 0 Å². The average Bonchev–Trinajstić information content (AvgIpc) is 3.00. The molecule has 1 N–H and O–H groups in total. The lowest BCUT2D eigenvalue weighted by atomic mass is 10.1. The molecule has 2 aromatic rings. The van der Waals surface area contributed by atoms with Crippen LogP contribution in [0.15, 0.2) is 48.5 Å². The summed E-state index contributed by atoms with van der Waals surface area (Å²) in [5.41, 5.74) is 1.81. The second-order valence-corrected chi connectivity index (χ2v) is 6.84. The predicted molar refractivity (Wildman–Crippen MR) is 99.8 cm³/mol. The fourth-order valence-corrected chi connectivity index (χ4v) is 3.11. The molecule has 1 aliphatic rings. The number of hydrogen-bond donors (Lipinski definition) is 1. The minimum Gasteiger partial charge on any atom is -0.493 e. The van der Waals surface area contributed by atoms with Crippen LogP contribution in [0.25, 0.3) is 0 Å². The van der Waals surface area contributed by atoms with Gasteiger partial charge in [0.2, 0.25) is 5.91 Å². The van der Waals surface area contributed by atoms with E-state index < -0.39 is 5.97 Å². The highest BCUT2D eigenvalue weighted by Gasteiger charge is 2.31. The maximum absolute atomic E-state index is 12.2. The van der Waals surface area contributed by atoms with Crippen LogP contribution < -0.4 is 9.64 Å². The van der Waals surface area contributed by atoms with Crippen LogP contribution in [0.4, 0.5) is 5.69 Å². The summed E-state index contributed by atoms with van der Waals surface area (Å²) in [5, 5.41) is 9.36. The summed E-state index contributed by atoms with van der Waals surface area (Å²) in [6.07, 6.45) is 1.08. The number of carbonyl (C=O) groups is 2. The molecule has 0 aliphatic carbocycles. The van der Waals surface area contributed by atoms with E-state index in [2.05, 4.69) is 0 Å². The molecule has 1 unspecified atom stereocenters. The number of carboxylic acids is 1. The van der Waals surface area contributed by atoms with Crippen LogP contribution in [0.2, 0.25) is 5.02 Å². The summed E-state index contributed by atoms with van der Waals surface area (Å²) in [6.45, 7) is 1.08. The first-order valence-electron chi connectivity index (χ1n) is 8.51. The number of aliphatic carboxylic acids is 1. The number of aryl methyl sites for hydroxylation is 1. The Bertz CT molecular complexity index is 773. The van der Waals surface area contributed by atoms with Gasteiger partial charge in [0.25, 0.3) is 0 Å². The van der Waals surface area contributed by atoms with Gasteiger partial charge in [0, 0.05) is 36.0 Å². The molecule has 0 saturated carbocycles. The molecule has 1 saturated heterocycles. The van der Waals surface area contributed by atoms with Crippen LogP contribution in [-0.2, 0) is 16.0 Å². The normalized spacial score (nSPS) is 16.7. The molecule has 0 aromatic heterocycles. The van der Waals surface area contributed by atoms with Gasteiger partial charge in [-0.2, -0.15) is 0 Å². The number of anilines is 1. The molecule has 1 fully saturated rings. The number of nitrogens with zero attached hydrogens (tertiary/aromatic N) is 1. The van der Waals surface area contributed by atoms with Crippen molar-refractivity contribution in [3.63, 3.8) is 0 Å². The van der Waals surface area contributed by atoms with Crippen LogP contribution in [0.3, 0.4) is 0 Å². The highest BCUT2D eigenvalue weighted by atomic mass is 35.5. The highest BCUT2D eigenvalue weighted by Crippen LogP contribution is 2.27. The number of carboxylic acid groups (broad SMARTS) is 1. The van der Waals surface area contributed by atoms with Crippen molar-refractivity contribution in [3.8, 4) is 5.75 Å². The monoisotopic (exact) mass is 373 g/mol. The van der Waals surface area contributed by atoms with Gasteiger partial charge in [0.1, 0.15) is 5.75 Å². The first-order chi connectivity index (χ1) is 12.5. The van der Waals surface area contributed by atoms with Crippen molar-refractivity contribution in [1.82, 2.24) is 0 Å². The smallest absolute Gasteiger partial charge is 0.303 e. The van der Waals surface area contributed by atoms with E-state index in [0.717, 1.165) is 17.0 Å². The van der Waals surface area contributed by atoms with E-state index in [4.69, 9.17) is 21.4 Å². The lowest BCUT2D eigenvalue weighted by Gasteiger charge is -2.17. The Morgan fingerprint density at radius 1 is 1.15 bits per heavy atom. The standard InChI is InChI=1S/C20H20ClNO4/c21-16-4-6-17(7-5-16)22-12-15(11-19(22)23)13-26-18-8-1-14(2-9-18)3-10-20(24)25/h1-2,4-9,15H,3,10-13H2,(H,24,25). The topological polar surface area (TPSA) is 66.8 Å². The molecular weight excluding hydrogens is 354 g/mol. The zero-order valence-electron chi connectivity index (χ0n) is 14.2. The van der Waals surface area contributed by atoms with Gasteiger partial charge in [-0.3, -0.25) is 9.59 Å². The number of ether oxygens (including phenoxy) is 1. The van der Waals surface area contributed by atoms with Gasteiger partial charge < -0.3 is 14.7 Å². The van der Waals surface area contributed by atoms with Gasteiger partial charge in [-0.1, -0.05) is 23.7 Å². The molecule has 6 heteroatoms. The molecule has 0 radical (unpaired) electrons. The third-order valence-electron chi connectivity index (χ3n) is 4.38. The molecule has 5 nitrogen and oxygen atoms in total. The Morgan fingerprint density at radius 3 is 2.50 bits per heavy atom. The second-order valence-electron chi connectivity index (χ2n) is 6.40. The molecule has 0 bridgehead atoms. The summed E-state index contributed by atoms with van der Waals surface area (Å²) >= 11 is 5.89. The summed E-state index contributed by atoms with van der Waals surface area (Å²) < 4.78 is 5.81.